The molecule has 122 valence electrons. The number of methoxy groups -OCH3 is 1. The Balaban J connectivity index is 1.83. The van der Waals surface area contributed by atoms with Crippen LogP contribution in [0.2, 0.25) is 4.34 Å². The van der Waals surface area contributed by atoms with Crippen molar-refractivity contribution < 1.29 is 19.1 Å². The fourth-order valence-corrected chi connectivity index (χ4v) is 3.31. The molecule has 0 aliphatic carbocycles. The third kappa shape index (κ3) is 5.34. The molecular formula is C16H14BrClO4S. The molecule has 0 bridgehead atoms. The molecule has 0 fully saturated rings. The van der Waals surface area contributed by atoms with Crippen LogP contribution >= 0.6 is 38.9 Å². The Morgan fingerprint density at radius 2 is 2.00 bits per heavy atom. The van der Waals surface area contributed by atoms with Gasteiger partial charge in [-0.2, -0.15) is 0 Å². The van der Waals surface area contributed by atoms with Gasteiger partial charge in [0.15, 0.2) is 5.78 Å². The van der Waals surface area contributed by atoms with E-state index in [0.29, 0.717) is 15.0 Å². The van der Waals surface area contributed by atoms with Crippen LogP contribution in [0.1, 0.15) is 28.1 Å². The molecule has 0 saturated carbocycles. The third-order valence-corrected chi connectivity index (χ3v) is 4.80. The Hall–Kier alpha value is -1.37. The minimum Gasteiger partial charge on any atom is -0.496 e. The number of ketones is 1. The second-order valence-corrected chi connectivity index (χ2v) is 7.27. The Morgan fingerprint density at radius 3 is 2.65 bits per heavy atom. The Bertz CT molecular complexity index is 714. The molecule has 0 amide bonds. The topological polar surface area (TPSA) is 52.6 Å². The van der Waals surface area contributed by atoms with E-state index >= 15 is 0 Å². The molecule has 0 radical (unpaired) electrons. The third-order valence-electron chi connectivity index (χ3n) is 3.04. The lowest BCUT2D eigenvalue weighted by molar-refractivity contribution is -0.144. The summed E-state index contributed by atoms with van der Waals surface area (Å²) in [4.78, 5) is 24.2. The Labute approximate surface area is 151 Å². The van der Waals surface area contributed by atoms with E-state index in [1.54, 1.807) is 25.3 Å². The Morgan fingerprint density at radius 1 is 1.22 bits per heavy atom. The predicted molar refractivity (Wildman–Crippen MR) is 93.4 cm³/mol. The van der Waals surface area contributed by atoms with Crippen molar-refractivity contribution in [2.75, 3.05) is 7.11 Å². The predicted octanol–water partition coefficient (Wildman–Crippen LogP) is 4.88. The molecule has 4 nitrogen and oxygen atoms in total. The number of carbonyl (C=O) groups excluding carboxylic acids is 2. The molecule has 0 spiro atoms. The number of hydrogen-bond acceptors (Lipinski definition) is 5. The lowest BCUT2D eigenvalue weighted by Crippen LogP contribution is -2.08. The lowest BCUT2D eigenvalue weighted by atomic mass is 10.2. The molecule has 0 atom stereocenters. The van der Waals surface area contributed by atoms with Crippen LogP contribution in [0.15, 0.2) is 34.8 Å². The summed E-state index contributed by atoms with van der Waals surface area (Å²) in [6.07, 6.45) is 0.135. The molecule has 1 aromatic heterocycles. The lowest BCUT2D eigenvalue weighted by Gasteiger charge is -2.09. The number of thiophene rings is 1. The smallest absolute Gasteiger partial charge is 0.306 e. The van der Waals surface area contributed by atoms with Crippen molar-refractivity contribution in [2.24, 2.45) is 0 Å². The number of ether oxygens (including phenoxy) is 2. The first-order chi connectivity index (χ1) is 11.0. The molecule has 7 heteroatoms. The zero-order valence-electron chi connectivity index (χ0n) is 12.3. The molecule has 1 heterocycles. The molecule has 2 rings (SSSR count). The number of Topliss-reactive ketones (excluding diaryl/α,β-unsaturated/α-hetero) is 1. The minimum atomic E-state index is -0.428. The second-order valence-electron chi connectivity index (χ2n) is 4.64. The molecule has 1 aromatic carbocycles. The highest BCUT2D eigenvalue weighted by atomic mass is 79.9. The number of benzene rings is 1. The largest absolute Gasteiger partial charge is 0.496 e. The molecule has 0 aliphatic heterocycles. The zero-order valence-corrected chi connectivity index (χ0v) is 15.5. The molecule has 0 N–H and O–H groups in total. The van der Waals surface area contributed by atoms with Crippen LogP contribution in [-0.4, -0.2) is 18.9 Å². The van der Waals surface area contributed by atoms with Crippen LogP contribution in [0.25, 0.3) is 0 Å². The first-order valence-electron chi connectivity index (χ1n) is 6.76. The monoisotopic (exact) mass is 416 g/mol. The average molecular weight is 418 g/mol. The molecule has 0 saturated heterocycles. The van der Waals surface area contributed by atoms with E-state index in [4.69, 9.17) is 21.1 Å². The summed E-state index contributed by atoms with van der Waals surface area (Å²) >= 11 is 10.4. The van der Waals surface area contributed by atoms with E-state index in [-0.39, 0.29) is 25.2 Å². The highest BCUT2D eigenvalue weighted by Crippen LogP contribution is 2.24. The van der Waals surface area contributed by atoms with Gasteiger partial charge in [0.25, 0.3) is 0 Å². The summed E-state index contributed by atoms with van der Waals surface area (Å²) in [6, 6.07) is 8.78. The number of rotatable bonds is 7. The minimum absolute atomic E-state index is 0.0324. The summed E-state index contributed by atoms with van der Waals surface area (Å²) in [6.45, 7) is 0.0977. The molecule has 23 heavy (non-hydrogen) atoms. The van der Waals surface area contributed by atoms with Crippen LogP contribution in [0.5, 0.6) is 5.75 Å². The molecular weight excluding hydrogens is 404 g/mol. The highest BCUT2D eigenvalue weighted by Gasteiger charge is 2.13. The number of hydrogen-bond donors (Lipinski definition) is 0. The van der Waals surface area contributed by atoms with E-state index < -0.39 is 5.97 Å². The first-order valence-corrected chi connectivity index (χ1v) is 8.75. The molecule has 0 unspecified atom stereocenters. The maximum Gasteiger partial charge on any atom is 0.306 e. The van der Waals surface area contributed by atoms with Crippen LogP contribution in [0.4, 0.5) is 0 Å². The van der Waals surface area contributed by atoms with E-state index in [1.807, 2.05) is 12.1 Å². The van der Waals surface area contributed by atoms with Crippen molar-refractivity contribution >= 4 is 50.6 Å². The van der Waals surface area contributed by atoms with Crippen molar-refractivity contribution in [3.05, 3.63) is 49.6 Å². The number of halogens is 2. The van der Waals surface area contributed by atoms with Crippen LogP contribution in [0.3, 0.4) is 0 Å². The van der Waals surface area contributed by atoms with Crippen LogP contribution in [-0.2, 0) is 16.1 Å². The van der Waals surface area contributed by atoms with Gasteiger partial charge in [-0.05, 0) is 30.3 Å². The van der Waals surface area contributed by atoms with Gasteiger partial charge in [0.1, 0.15) is 12.4 Å². The summed E-state index contributed by atoms with van der Waals surface area (Å²) in [7, 11) is 1.55. The van der Waals surface area contributed by atoms with Crippen molar-refractivity contribution in [2.45, 2.75) is 19.4 Å². The number of carbonyl (C=O) groups is 2. The van der Waals surface area contributed by atoms with Gasteiger partial charge in [-0.15, -0.1) is 11.3 Å². The van der Waals surface area contributed by atoms with E-state index in [1.165, 1.54) is 11.3 Å². The van der Waals surface area contributed by atoms with Crippen molar-refractivity contribution in [1.82, 2.24) is 0 Å². The molecule has 0 aliphatic rings. The Kier molecular flexibility index (Phi) is 6.62. The van der Waals surface area contributed by atoms with Gasteiger partial charge in [0.2, 0.25) is 0 Å². The van der Waals surface area contributed by atoms with Gasteiger partial charge in [-0.1, -0.05) is 27.5 Å². The van der Waals surface area contributed by atoms with Crippen LogP contribution < -0.4 is 4.74 Å². The maximum atomic E-state index is 11.9. The van der Waals surface area contributed by atoms with Crippen LogP contribution in [0, 0.1) is 0 Å². The first kappa shape index (κ1) is 18.0. The van der Waals surface area contributed by atoms with E-state index in [0.717, 1.165) is 10.0 Å². The quantitative estimate of drug-likeness (QED) is 0.476. The van der Waals surface area contributed by atoms with E-state index in [2.05, 4.69) is 15.9 Å². The zero-order chi connectivity index (χ0) is 16.8. The van der Waals surface area contributed by atoms with Crippen molar-refractivity contribution in [3.63, 3.8) is 0 Å². The summed E-state index contributed by atoms with van der Waals surface area (Å²) in [5.41, 5.74) is 0.756. The summed E-state index contributed by atoms with van der Waals surface area (Å²) < 4.78 is 11.8. The average Bonchev–Trinajstić information content (AvgIpc) is 2.97. The second kappa shape index (κ2) is 8.47. The highest BCUT2D eigenvalue weighted by molar-refractivity contribution is 9.10. The fourth-order valence-electron chi connectivity index (χ4n) is 1.89. The summed E-state index contributed by atoms with van der Waals surface area (Å²) in [5, 5.41) is 0. The van der Waals surface area contributed by atoms with Crippen molar-refractivity contribution in [3.8, 4) is 5.75 Å². The van der Waals surface area contributed by atoms with Gasteiger partial charge in [0.05, 0.1) is 22.7 Å². The van der Waals surface area contributed by atoms with Gasteiger partial charge in [-0.3, -0.25) is 9.59 Å². The van der Waals surface area contributed by atoms with Crippen molar-refractivity contribution in [1.29, 1.82) is 0 Å². The number of esters is 1. The van der Waals surface area contributed by atoms with Gasteiger partial charge in [0, 0.05) is 16.5 Å². The fraction of sp³-hybridized carbons (Fsp3) is 0.250. The normalized spacial score (nSPS) is 10.4. The van der Waals surface area contributed by atoms with E-state index in [9.17, 15) is 9.59 Å². The summed E-state index contributed by atoms with van der Waals surface area (Å²) in [5.74, 6) is 0.104. The standard InChI is InChI=1S/C16H14BrClO4S/c1-21-13-4-2-11(17)8-10(13)9-22-16(20)7-3-12(19)14-5-6-15(18)23-14/h2,4-6,8H,3,7,9H2,1H3. The van der Waals surface area contributed by atoms with Gasteiger partial charge >= 0.3 is 5.97 Å². The van der Waals surface area contributed by atoms with Gasteiger partial charge < -0.3 is 9.47 Å². The maximum absolute atomic E-state index is 11.9. The SMILES string of the molecule is COc1ccc(Br)cc1COC(=O)CCC(=O)c1ccc(Cl)s1. The molecule has 2 aromatic rings. The van der Waals surface area contributed by atoms with Gasteiger partial charge in [-0.25, -0.2) is 0 Å².